The highest BCUT2D eigenvalue weighted by Gasteiger charge is 2.39. The number of aliphatic hydroxyl groups is 1. The summed E-state index contributed by atoms with van der Waals surface area (Å²) in [4.78, 5) is 0. The molecule has 2 N–H and O–H groups in total. The summed E-state index contributed by atoms with van der Waals surface area (Å²) in [5, 5.41) is 19.7. The number of oxime groups is 1. The Morgan fingerprint density at radius 1 is 1.62 bits per heavy atom. The highest BCUT2D eigenvalue weighted by Crippen LogP contribution is 2.37. The van der Waals surface area contributed by atoms with Gasteiger partial charge >= 0.3 is 0 Å². The van der Waals surface area contributed by atoms with Gasteiger partial charge < -0.3 is 10.3 Å². The van der Waals surface area contributed by atoms with Crippen LogP contribution in [-0.2, 0) is 0 Å². The zero-order valence-corrected chi connectivity index (χ0v) is 4.54. The maximum Gasteiger partial charge on any atom is 0.0700 e. The first-order valence-electron chi connectivity index (χ1n) is 2.65. The molecule has 0 aromatic carbocycles. The fraction of sp³-hybridized carbons (Fsp3) is 0.800. The van der Waals surface area contributed by atoms with E-state index in [2.05, 4.69) is 5.16 Å². The SMILES string of the molecule is ON=CCC1(O)CC1. The fourth-order valence-corrected chi connectivity index (χ4v) is 0.559. The Kier molecular flexibility index (Phi) is 1.21. The van der Waals surface area contributed by atoms with Gasteiger partial charge in [0.25, 0.3) is 0 Å². The van der Waals surface area contributed by atoms with Crippen molar-refractivity contribution >= 4 is 6.21 Å². The van der Waals surface area contributed by atoms with Gasteiger partial charge in [0.2, 0.25) is 0 Å². The van der Waals surface area contributed by atoms with Crippen molar-refractivity contribution in [3.05, 3.63) is 0 Å². The average Bonchev–Trinajstić information content (AvgIpc) is 2.45. The molecular formula is C5H9NO2. The van der Waals surface area contributed by atoms with Crippen LogP contribution in [0.15, 0.2) is 5.16 Å². The Labute approximate surface area is 47.6 Å². The molecule has 0 radical (unpaired) electrons. The molecule has 1 fully saturated rings. The summed E-state index contributed by atoms with van der Waals surface area (Å²) in [6.45, 7) is 0. The molecule has 1 aliphatic rings. The van der Waals surface area contributed by atoms with Gasteiger partial charge in [-0.3, -0.25) is 0 Å². The van der Waals surface area contributed by atoms with Gasteiger partial charge in [-0.15, -0.1) is 5.16 Å². The zero-order valence-electron chi connectivity index (χ0n) is 4.54. The van der Waals surface area contributed by atoms with Crippen LogP contribution in [0.2, 0.25) is 0 Å². The molecule has 8 heavy (non-hydrogen) atoms. The molecule has 0 aromatic heterocycles. The van der Waals surface area contributed by atoms with Crippen molar-refractivity contribution in [3.63, 3.8) is 0 Å². The van der Waals surface area contributed by atoms with Crippen LogP contribution < -0.4 is 0 Å². The molecule has 0 heterocycles. The fourth-order valence-electron chi connectivity index (χ4n) is 0.559. The second-order valence-corrected chi connectivity index (χ2v) is 2.23. The van der Waals surface area contributed by atoms with Crippen LogP contribution in [0.1, 0.15) is 19.3 Å². The third kappa shape index (κ3) is 1.20. The lowest BCUT2D eigenvalue weighted by molar-refractivity contribution is 0.159. The van der Waals surface area contributed by atoms with Crippen LogP contribution in [0.5, 0.6) is 0 Å². The predicted molar refractivity (Wildman–Crippen MR) is 29.1 cm³/mol. The lowest BCUT2D eigenvalue weighted by atomic mass is 10.2. The summed E-state index contributed by atoms with van der Waals surface area (Å²) in [6.07, 6.45) is 3.51. The molecule has 0 spiro atoms. The van der Waals surface area contributed by atoms with Crippen LogP contribution >= 0.6 is 0 Å². The average molecular weight is 115 g/mol. The Morgan fingerprint density at radius 2 is 2.25 bits per heavy atom. The summed E-state index contributed by atoms with van der Waals surface area (Å²) >= 11 is 0. The summed E-state index contributed by atoms with van der Waals surface area (Å²) < 4.78 is 0. The van der Waals surface area contributed by atoms with E-state index in [4.69, 9.17) is 10.3 Å². The van der Waals surface area contributed by atoms with E-state index < -0.39 is 5.60 Å². The van der Waals surface area contributed by atoms with Gasteiger partial charge in [0.05, 0.1) is 5.60 Å². The molecular weight excluding hydrogens is 106 g/mol. The second kappa shape index (κ2) is 1.74. The molecule has 46 valence electrons. The minimum Gasteiger partial charge on any atom is -0.411 e. The smallest absolute Gasteiger partial charge is 0.0700 e. The normalized spacial score (nSPS) is 24.1. The summed E-state index contributed by atoms with van der Waals surface area (Å²) in [7, 11) is 0. The quantitative estimate of drug-likeness (QED) is 0.310. The van der Waals surface area contributed by atoms with E-state index in [9.17, 15) is 0 Å². The van der Waals surface area contributed by atoms with Crippen LogP contribution in [0.4, 0.5) is 0 Å². The van der Waals surface area contributed by atoms with E-state index in [0.29, 0.717) is 6.42 Å². The van der Waals surface area contributed by atoms with Crippen LogP contribution in [0, 0.1) is 0 Å². The first-order valence-corrected chi connectivity index (χ1v) is 2.65. The van der Waals surface area contributed by atoms with E-state index >= 15 is 0 Å². The zero-order chi connectivity index (χ0) is 6.04. The van der Waals surface area contributed by atoms with E-state index in [1.807, 2.05) is 0 Å². The molecule has 0 aliphatic heterocycles. The van der Waals surface area contributed by atoms with Gasteiger partial charge in [-0.05, 0) is 12.8 Å². The molecule has 3 nitrogen and oxygen atoms in total. The molecule has 1 aliphatic carbocycles. The van der Waals surface area contributed by atoms with E-state index in [1.54, 1.807) is 0 Å². The Bertz CT molecular complexity index is 107. The van der Waals surface area contributed by atoms with Crippen molar-refractivity contribution < 1.29 is 10.3 Å². The molecule has 1 saturated carbocycles. The van der Waals surface area contributed by atoms with Crippen molar-refractivity contribution in [2.24, 2.45) is 5.16 Å². The minimum atomic E-state index is -0.508. The summed E-state index contributed by atoms with van der Waals surface area (Å²) in [5.74, 6) is 0. The molecule has 0 atom stereocenters. The third-order valence-electron chi connectivity index (χ3n) is 1.38. The van der Waals surface area contributed by atoms with Crippen molar-refractivity contribution in [1.82, 2.24) is 0 Å². The van der Waals surface area contributed by atoms with Crippen molar-refractivity contribution in [3.8, 4) is 0 Å². The largest absolute Gasteiger partial charge is 0.411 e. The van der Waals surface area contributed by atoms with Gasteiger partial charge in [0, 0.05) is 12.6 Å². The number of hydrogen-bond acceptors (Lipinski definition) is 3. The van der Waals surface area contributed by atoms with Gasteiger partial charge in [0.1, 0.15) is 0 Å². The maximum atomic E-state index is 9.06. The van der Waals surface area contributed by atoms with Gasteiger partial charge in [-0.1, -0.05) is 0 Å². The van der Waals surface area contributed by atoms with Crippen molar-refractivity contribution in [2.45, 2.75) is 24.9 Å². The number of nitrogens with zero attached hydrogens (tertiary/aromatic N) is 1. The van der Waals surface area contributed by atoms with E-state index in [1.165, 1.54) is 6.21 Å². The minimum absolute atomic E-state index is 0.490. The Morgan fingerprint density at radius 3 is 2.62 bits per heavy atom. The molecule has 0 unspecified atom stereocenters. The predicted octanol–water partition coefficient (Wildman–Crippen LogP) is 0.361. The van der Waals surface area contributed by atoms with Gasteiger partial charge in [0.15, 0.2) is 0 Å². The van der Waals surface area contributed by atoms with Crippen LogP contribution in [-0.4, -0.2) is 22.1 Å². The first kappa shape index (κ1) is 5.56. The standard InChI is InChI=1S/C5H9NO2/c7-5(1-2-5)3-4-6-8/h4,7-8H,1-3H2. The maximum absolute atomic E-state index is 9.06. The van der Waals surface area contributed by atoms with E-state index in [-0.39, 0.29) is 0 Å². The number of hydrogen-bond donors (Lipinski definition) is 2. The highest BCUT2D eigenvalue weighted by atomic mass is 16.4. The Hall–Kier alpha value is -0.570. The first-order chi connectivity index (χ1) is 3.77. The lowest BCUT2D eigenvalue weighted by Gasteiger charge is -1.97. The molecule has 0 amide bonds. The summed E-state index contributed by atoms with van der Waals surface area (Å²) in [5.41, 5.74) is -0.508. The molecule has 1 rings (SSSR count). The third-order valence-corrected chi connectivity index (χ3v) is 1.38. The summed E-state index contributed by atoms with van der Waals surface area (Å²) in [6, 6.07) is 0. The van der Waals surface area contributed by atoms with E-state index in [0.717, 1.165) is 12.8 Å². The molecule has 0 saturated heterocycles. The van der Waals surface area contributed by atoms with Crippen molar-refractivity contribution in [1.29, 1.82) is 0 Å². The molecule has 0 aromatic rings. The van der Waals surface area contributed by atoms with Gasteiger partial charge in [-0.2, -0.15) is 0 Å². The Balaban J connectivity index is 2.19. The molecule has 3 heteroatoms. The highest BCUT2D eigenvalue weighted by molar-refractivity contribution is 5.58. The number of rotatable bonds is 2. The molecule has 0 bridgehead atoms. The van der Waals surface area contributed by atoms with Crippen molar-refractivity contribution in [2.75, 3.05) is 0 Å². The van der Waals surface area contributed by atoms with Crippen LogP contribution in [0.25, 0.3) is 0 Å². The topological polar surface area (TPSA) is 52.8 Å². The lowest BCUT2D eigenvalue weighted by Crippen LogP contribution is -2.05. The van der Waals surface area contributed by atoms with Crippen LogP contribution in [0.3, 0.4) is 0 Å². The second-order valence-electron chi connectivity index (χ2n) is 2.23. The van der Waals surface area contributed by atoms with Gasteiger partial charge in [-0.25, -0.2) is 0 Å². The monoisotopic (exact) mass is 115 g/mol.